The van der Waals surface area contributed by atoms with Crippen LogP contribution in [0, 0.1) is 5.82 Å². The first-order chi connectivity index (χ1) is 7.22. The number of rotatable bonds is 1. The number of benzene rings is 1. The first-order valence-corrected chi connectivity index (χ1v) is 4.84. The van der Waals surface area contributed by atoms with Gasteiger partial charge in [0.15, 0.2) is 0 Å². The zero-order valence-electron chi connectivity index (χ0n) is 8.50. The average Bonchev–Trinajstić information content (AvgIpc) is 2.41. The molecular formula is C11H13FO3. The average molecular weight is 212 g/mol. The molecule has 1 aromatic rings. The van der Waals surface area contributed by atoms with Crippen molar-refractivity contribution in [1.29, 1.82) is 0 Å². The molecule has 0 spiro atoms. The number of fused-ring (bicyclic) bond motifs is 1. The lowest BCUT2D eigenvalue weighted by Gasteiger charge is -2.13. The Labute approximate surface area is 87.4 Å². The molecule has 2 rings (SSSR count). The summed E-state index contributed by atoms with van der Waals surface area (Å²) in [5, 5.41) is 9.74. The SMILES string of the molecule is COc1cc(F)c2c(c1)C(O)COCC2. The van der Waals surface area contributed by atoms with Crippen molar-refractivity contribution in [2.75, 3.05) is 20.3 Å². The van der Waals surface area contributed by atoms with Crippen LogP contribution in [0.4, 0.5) is 4.39 Å². The molecule has 1 aromatic carbocycles. The van der Waals surface area contributed by atoms with Crippen LogP contribution in [0.2, 0.25) is 0 Å². The predicted octanol–water partition coefficient (Wildman–Crippen LogP) is 1.44. The van der Waals surface area contributed by atoms with Gasteiger partial charge < -0.3 is 14.6 Å². The van der Waals surface area contributed by atoms with Gasteiger partial charge in [-0.2, -0.15) is 0 Å². The molecule has 1 N–H and O–H groups in total. The normalized spacial score (nSPS) is 20.6. The van der Waals surface area contributed by atoms with Crippen LogP contribution in [0.3, 0.4) is 0 Å². The van der Waals surface area contributed by atoms with E-state index < -0.39 is 6.10 Å². The largest absolute Gasteiger partial charge is 0.497 e. The fourth-order valence-corrected chi connectivity index (χ4v) is 1.77. The molecule has 15 heavy (non-hydrogen) atoms. The smallest absolute Gasteiger partial charge is 0.130 e. The second-order valence-electron chi connectivity index (χ2n) is 3.52. The highest BCUT2D eigenvalue weighted by atomic mass is 19.1. The van der Waals surface area contributed by atoms with Crippen LogP contribution in [0.1, 0.15) is 17.2 Å². The molecule has 1 unspecified atom stereocenters. The minimum atomic E-state index is -0.771. The van der Waals surface area contributed by atoms with E-state index in [0.717, 1.165) is 0 Å². The van der Waals surface area contributed by atoms with E-state index in [9.17, 15) is 9.50 Å². The van der Waals surface area contributed by atoms with Crippen molar-refractivity contribution in [3.05, 3.63) is 29.1 Å². The predicted molar refractivity (Wildman–Crippen MR) is 52.4 cm³/mol. The number of ether oxygens (including phenoxy) is 2. The Morgan fingerprint density at radius 1 is 1.53 bits per heavy atom. The molecule has 0 fully saturated rings. The van der Waals surface area contributed by atoms with E-state index in [1.807, 2.05) is 0 Å². The van der Waals surface area contributed by atoms with Crippen molar-refractivity contribution in [2.45, 2.75) is 12.5 Å². The lowest BCUT2D eigenvalue weighted by molar-refractivity contribution is 0.0451. The van der Waals surface area contributed by atoms with Crippen LogP contribution in [0.25, 0.3) is 0 Å². The van der Waals surface area contributed by atoms with E-state index in [0.29, 0.717) is 29.9 Å². The van der Waals surface area contributed by atoms with E-state index in [1.54, 1.807) is 6.07 Å². The van der Waals surface area contributed by atoms with Gasteiger partial charge in [-0.15, -0.1) is 0 Å². The molecule has 0 radical (unpaired) electrons. The molecule has 82 valence electrons. The molecule has 4 heteroatoms. The number of methoxy groups -OCH3 is 1. The number of hydrogen-bond donors (Lipinski definition) is 1. The zero-order chi connectivity index (χ0) is 10.8. The van der Waals surface area contributed by atoms with E-state index in [2.05, 4.69) is 0 Å². The fraction of sp³-hybridized carbons (Fsp3) is 0.455. The maximum atomic E-state index is 13.6. The van der Waals surface area contributed by atoms with Crippen LogP contribution >= 0.6 is 0 Å². The molecule has 3 nitrogen and oxygen atoms in total. The second-order valence-corrected chi connectivity index (χ2v) is 3.52. The zero-order valence-corrected chi connectivity index (χ0v) is 8.50. The number of hydrogen-bond acceptors (Lipinski definition) is 3. The van der Waals surface area contributed by atoms with Gasteiger partial charge in [0.05, 0.1) is 20.3 Å². The lowest BCUT2D eigenvalue weighted by Crippen LogP contribution is -2.06. The molecule has 0 saturated heterocycles. The topological polar surface area (TPSA) is 38.7 Å². The molecule has 1 heterocycles. The molecule has 0 bridgehead atoms. The summed E-state index contributed by atoms with van der Waals surface area (Å²) in [5.74, 6) is 0.0844. The number of aliphatic hydroxyl groups is 1. The van der Waals surface area contributed by atoms with Crippen molar-refractivity contribution >= 4 is 0 Å². The maximum Gasteiger partial charge on any atom is 0.130 e. The van der Waals surface area contributed by atoms with Crippen molar-refractivity contribution in [3.63, 3.8) is 0 Å². The molecule has 0 aliphatic carbocycles. The van der Waals surface area contributed by atoms with Crippen LogP contribution in [-0.4, -0.2) is 25.4 Å². The Hall–Kier alpha value is -1.13. The van der Waals surface area contributed by atoms with E-state index in [-0.39, 0.29) is 12.4 Å². The van der Waals surface area contributed by atoms with Crippen LogP contribution in [0.15, 0.2) is 12.1 Å². The fourth-order valence-electron chi connectivity index (χ4n) is 1.77. The van der Waals surface area contributed by atoms with Crippen molar-refractivity contribution in [1.82, 2.24) is 0 Å². The summed E-state index contributed by atoms with van der Waals surface area (Å²) >= 11 is 0. The molecule has 1 atom stereocenters. The van der Waals surface area contributed by atoms with E-state index in [4.69, 9.17) is 9.47 Å². The van der Waals surface area contributed by atoms with Gasteiger partial charge in [-0.25, -0.2) is 4.39 Å². The Morgan fingerprint density at radius 2 is 2.33 bits per heavy atom. The minimum Gasteiger partial charge on any atom is -0.497 e. The molecule has 0 amide bonds. The second kappa shape index (κ2) is 4.16. The van der Waals surface area contributed by atoms with Crippen LogP contribution in [0.5, 0.6) is 5.75 Å². The van der Waals surface area contributed by atoms with Gasteiger partial charge in [-0.1, -0.05) is 0 Å². The molecule has 1 aliphatic heterocycles. The van der Waals surface area contributed by atoms with Crippen LogP contribution in [-0.2, 0) is 11.2 Å². The van der Waals surface area contributed by atoms with Gasteiger partial charge in [0, 0.05) is 6.07 Å². The minimum absolute atomic E-state index is 0.208. The van der Waals surface area contributed by atoms with Gasteiger partial charge in [0.2, 0.25) is 0 Å². The van der Waals surface area contributed by atoms with Gasteiger partial charge in [-0.05, 0) is 23.6 Å². The van der Waals surface area contributed by atoms with Gasteiger partial charge >= 0.3 is 0 Å². The van der Waals surface area contributed by atoms with E-state index >= 15 is 0 Å². The first kappa shape index (κ1) is 10.4. The maximum absolute atomic E-state index is 13.6. The summed E-state index contributed by atoms with van der Waals surface area (Å²) in [4.78, 5) is 0. The highest BCUT2D eigenvalue weighted by Crippen LogP contribution is 2.29. The summed E-state index contributed by atoms with van der Waals surface area (Å²) in [5.41, 5.74) is 1.10. The monoisotopic (exact) mass is 212 g/mol. The van der Waals surface area contributed by atoms with Crippen LogP contribution < -0.4 is 4.74 Å². The highest BCUT2D eigenvalue weighted by molar-refractivity contribution is 5.39. The van der Waals surface area contributed by atoms with Crippen molar-refractivity contribution in [3.8, 4) is 5.75 Å². The standard InChI is InChI=1S/C11H13FO3/c1-14-7-4-9-8(10(12)5-7)2-3-15-6-11(9)13/h4-5,11,13H,2-3,6H2,1H3. The Morgan fingerprint density at radius 3 is 3.07 bits per heavy atom. The third kappa shape index (κ3) is 1.96. The summed E-state index contributed by atoms with van der Waals surface area (Å²) < 4.78 is 23.7. The summed E-state index contributed by atoms with van der Waals surface area (Å²) in [6.07, 6.45) is -0.283. The Bertz CT molecular complexity index is 365. The quantitative estimate of drug-likeness (QED) is 0.765. The third-order valence-corrected chi connectivity index (χ3v) is 2.57. The third-order valence-electron chi connectivity index (χ3n) is 2.57. The number of aliphatic hydroxyl groups excluding tert-OH is 1. The Kier molecular flexibility index (Phi) is 2.88. The molecular weight excluding hydrogens is 199 g/mol. The molecule has 0 aromatic heterocycles. The van der Waals surface area contributed by atoms with Gasteiger partial charge in [0.1, 0.15) is 17.7 Å². The summed E-state index contributed by atoms with van der Waals surface area (Å²) in [7, 11) is 1.47. The number of halogens is 1. The molecule has 0 saturated carbocycles. The van der Waals surface area contributed by atoms with E-state index in [1.165, 1.54) is 13.2 Å². The summed E-state index contributed by atoms with van der Waals surface area (Å²) in [6, 6.07) is 2.99. The lowest BCUT2D eigenvalue weighted by atomic mass is 10.0. The van der Waals surface area contributed by atoms with Crippen molar-refractivity contribution < 1.29 is 19.0 Å². The van der Waals surface area contributed by atoms with Crippen molar-refractivity contribution in [2.24, 2.45) is 0 Å². The first-order valence-electron chi connectivity index (χ1n) is 4.84. The van der Waals surface area contributed by atoms with Gasteiger partial charge in [0.25, 0.3) is 0 Å². The highest BCUT2D eigenvalue weighted by Gasteiger charge is 2.20. The summed E-state index contributed by atoms with van der Waals surface area (Å²) in [6.45, 7) is 0.646. The molecule has 1 aliphatic rings. The Balaban J connectivity index is 2.50. The van der Waals surface area contributed by atoms with Gasteiger partial charge in [-0.3, -0.25) is 0 Å².